The van der Waals surface area contributed by atoms with E-state index in [4.69, 9.17) is 14.6 Å². The Balaban J connectivity index is 0.000000848. The molecule has 1 fully saturated rings. The number of fused-ring (bicyclic) bond motifs is 4. The zero-order valence-electron chi connectivity index (χ0n) is 20.2. The van der Waals surface area contributed by atoms with Gasteiger partial charge < -0.3 is 9.84 Å². The Kier molecular flexibility index (Phi) is 6.05. The second-order valence-corrected chi connectivity index (χ2v) is 10.6. The second kappa shape index (κ2) is 8.95. The first-order valence-electron chi connectivity index (χ1n) is 12.1. The number of alkyl halides is 3. The average molecular weight is 496 g/mol. The van der Waals surface area contributed by atoms with Crippen molar-refractivity contribution in [1.82, 2.24) is 4.98 Å². The number of hydrogen-bond donors (Lipinski definition) is 1. The molecular weight excluding hydrogens is 467 g/mol. The summed E-state index contributed by atoms with van der Waals surface area (Å²) in [5.41, 5.74) is 5.38. The molecule has 3 atom stereocenters. The molecule has 1 aromatic heterocycles. The van der Waals surface area contributed by atoms with Crippen molar-refractivity contribution < 1.29 is 27.8 Å². The van der Waals surface area contributed by atoms with Crippen LogP contribution in [0.15, 0.2) is 54.7 Å². The number of halogens is 3. The molecule has 188 valence electrons. The molecule has 0 radical (unpaired) electrons. The summed E-state index contributed by atoms with van der Waals surface area (Å²) in [6.45, 7) is 4.31. The highest BCUT2D eigenvalue weighted by Crippen LogP contribution is 2.56. The molecule has 0 aliphatic heterocycles. The lowest BCUT2D eigenvalue weighted by atomic mass is 9.84. The number of ether oxygens (including phenoxy) is 1. The molecule has 0 spiro atoms. The Hall–Kier alpha value is -3.35. The van der Waals surface area contributed by atoms with Gasteiger partial charge in [0.2, 0.25) is 5.88 Å². The largest absolute Gasteiger partial charge is 0.483 e. The third-order valence-electron chi connectivity index (χ3n) is 7.77. The van der Waals surface area contributed by atoms with Crippen LogP contribution < -0.4 is 4.74 Å². The molecule has 6 rings (SSSR count). The van der Waals surface area contributed by atoms with Gasteiger partial charge in [-0.25, -0.2) is 4.98 Å². The summed E-state index contributed by atoms with van der Waals surface area (Å²) < 4.78 is 47.3. The highest BCUT2D eigenvalue weighted by atomic mass is 19.4. The highest BCUT2D eigenvalue weighted by molar-refractivity contribution is 5.51. The van der Waals surface area contributed by atoms with E-state index in [9.17, 15) is 13.2 Å². The fourth-order valence-corrected chi connectivity index (χ4v) is 6.04. The fraction of sp³-hybridized carbons (Fsp3) is 0.379. The van der Waals surface area contributed by atoms with Crippen molar-refractivity contribution in [3.05, 3.63) is 93.7 Å². The van der Waals surface area contributed by atoms with Crippen molar-refractivity contribution in [2.24, 2.45) is 5.92 Å². The maximum absolute atomic E-state index is 13.8. The van der Waals surface area contributed by atoms with Gasteiger partial charge in [0.1, 0.15) is 6.61 Å². The lowest BCUT2D eigenvalue weighted by Gasteiger charge is -2.21. The summed E-state index contributed by atoms with van der Waals surface area (Å²) in [4.78, 5) is 12.9. The molecule has 3 aromatic rings. The highest BCUT2D eigenvalue weighted by Gasteiger charge is 2.45. The Morgan fingerprint density at radius 1 is 1.11 bits per heavy atom. The lowest BCUT2D eigenvalue weighted by molar-refractivity contribution is -0.138. The van der Waals surface area contributed by atoms with Crippen LogP contribution in [0.4, 0.5) is 13.2 Å². The minimum atomic E-state index is -4.37. The average Bonchev–Trinajstić information content (AvgIpc) is 3.43. The molecule has 2 aromatic carbocycles. The van der Waals surface area contributed by atoms with E-state index in [1.54, 1.807) is 12.1 Å². The zero-order valence-corrected chi connectivity index (χ0v) is 20.2. The SMILES string of the molecule is CC1(C)CC(c2ccccc2C(F)(F)F)c2cc(COc3cc4c(cn3)C3CC3C4)ccc21.O=CO. The summed E-state index contributed by atoms with van der Waals surface area (Å²) in [6.07, 6.45) is 0.641. The fourth-order valence-electron chi connectivity index (χ4n) is 6.04. The van der Waals surface area contributed by atoms with Crippen molar-refractivity contribution >= 4 is 6.47 Å². The molecular formula is C29H28F3NO3. The molecule has 3 aliphatic rings. The Morgan fingerprint density at radius 2 is 1.86 bits per heavy atom. The molecule has 36 heavy (non-hydrogen) atoms. The maximum atomic E-state index is 13.8. The van der Waals surface area contributed by atoms with Gasteiger partial charge >= 0.3 is 6.18 Å². The van der Waals surface area contributed by atoms with E-state index in [0.717, 1.165) is 29.0 Å². The molecule has 0 bridgehead atoms. The van der Waals surface area contributed by atoms with Crippen LogP contribution in [-0.2, 0) is 29.4 Å². The van der Waals surface area contributed by atoms with Crippen molar-refractivity contribution in [3.8, 4) is 5.88 Å². The van der Waals surface area contributed by atoms with Crippen LogP contribution in [-0.4, -0.2) is 16.6 Å². The molecule has 3 unspecified atom stereocenters. The summed E-state index contributed by atoms with van der Waals surface area (Å²) in [5, 5.41) is 6.89. The van der Waals surface area contributed by atoms with Gasteiger partial charge in [0, 0.05) is 18.2 Å². The predicted octanol–water partition coefficient (Wildman–Crippen LogP) is 6.85. The quantitative estimate of drug-likeness (QED) is 0.402. The first-order valence-corrected chi connectivity index (χ1v) is 12.1. The zero-order chi connectivity index (χ0) is 25.7. The number of pyridine rings is 1. The van der Waals surface area contributed by atoms with E-state index < -0.39 is 11.7 Å². The normalized spacial score (nSPS) is 22.5. The van der Waals surface area contributed by atoms with E-state index in [-0.39, 0.29) is 17.8 Å². The number of carboxylic acid groups (broad SMARTS) is 1. The number of hydrogen-bond acceptors (Lipinski definition) is 3. The first kappa shape index (κ1) is 24.3. The second-order valence-electron chi connectivity index (χ2n) is 10.6. The van der Waals surface area contributed by atoms with E-state index in [1.165, 1.54) is 29.7 Å². The minimum absolute atomic E-state index is 0.194. The van der Waals surface area contributed by atoms with Gasteiger partial charge in [0.05, 0.1) is 5.56 Å². The van der Waals surface area contributed by atoms with Crippen LogP contribution in [0, 0.1) is 5.92 Å². The number of nitrogens with zero attached hydrogens (tertiary/aromatic N) is 1. The molecule has 1 N–H and O–H groups in total. The van der Waals surface area contributed by atoms with Gasteiger partial charge in [0.15, 0.2) is 0 Å². The van der Waals surface area contributed by atoms with Crippen LogP contribution in [0.25, 0.3) is 0 Å². The van der Waals surface area contributed by atoms with Crippen molar-refractivity contribution in [2.45, 2.75) is 63.1 Å². The summed E-state index contributed by atoms with van der Waals surface area (Å²) in [6, 6.07) is 14.2. The molecule has 0 amide bonds. The van der Waals surface area contributed by atoms with E-state index in [1.807, 2.05) is 18.3 Å². The molecule has 1 heterocycles. The van der Waals surface area contributed by atoms with Crippen molar-refractivity contribution in [3.63, 3.8) is 0 Å². The number of benzene rings is 2. The van der Waals surface area contributed by atoms with Crippen LogP contribution in [0.2, 0.25) is 0 Å². The molecule has 3 aliphatic carbocycles. The molecule has 0 saturated heterocycles. The third kappa shape index (κ3) is 4.47. The first-order chi connectivity index (χ1) is 17.1. The number of rotatable bonds is 4. The molecule has 7 heteroatoms. The summed E-state index contributed by atoms with van der Waals surface area (Å²) in [5.74, 6) is 1.83. The van der Waals surface area contributed by atoms with Gasteiger partial charge in [-0.3, -0.25) is 4.79 Å². The van der Waals surface area contributed by atoms with Crippen molar-refractivity contribution in [2.75, 3.05) is 0 Å². The Morgan fingerprint density at radius 3 is 2.61 bits per heavy atom. The topological polar surface area (TPSA) is 59.4 Å². The Bertz CT molecular complexity index is 1300. The third-order valence-corrected chi connectivity index (χ3v) is 7.77. The van der Waals surface area contributed by atoms with Gasteiger partial charge in [-0.15, -0.1) is 0 Å². The van der Waals surface area contributed by atoms with Crippen LogP contribution in [0.5, 0.6) is 5.88 Å². The van der Waals surface area contributed by atoms with E-state index in [2.05, 4.69) is 31.0 Å². The minimum Gasteiger partial charge on any atom is -0.483 e. The van der Waals surface area contributed by atoms with Gasteiger partial charge in [-0.1, -0.05) is 50.2 Å². The molecule has 4 nitrogen and oxygen atoms in total. The standard InChI is InChI=1S/C28H26F3NO.CH2O2/c1-27(2)13-22(19-5-3-4-6-25(19)28(29,30)31)21-9-16(7-8-24(21)27)15-33-26-12-18-10-17-11-20(17)23(18)14-32-26;2-1-3/h3-9,12,14,17,20,22H,10-11,13,15H2,1-2H3;1H,(H,2,3). The van der Waals surface area contributed by atoms with Crippen molar-refractivity contribution in [1.29, 1.82) is 0 Å². The van der Waals surface area contributed by atoms with Crippen LogP contribution in [0.1, 0.15) is 77.5 Å². The summed E-state index contributed by atoms with van der Waals surface area (Å²) >= 11 is 0. The van der Waals surface area contributed by atoms with Gasteiger partial charge in [-0.2, -0.15) is 13.2 Å². The van der Waals surface area contributed by atoms with E-state index >= 15 is 0 Å². The molecule has 1 saturated carbocycles. The predicted molar refractivity (Wildman–Crippen MR) is 129 cm³/mol. The lowest BCUT2D eigenvalue weighted by Crippen LogP contribution is -2.14. The van der Waals surface area contributed by atoms with Crippen LogP contribution >= 0.6 is 0 Å². The number of aromatic nitrogens is 1. The van der Waals surface area contributed by atoms with Gasteiger partial charge in [-0.05, 0) is 76.0 Å². The smallest absolute Gasteiger partial charge is 0.416 e. The Labute approximate surface area is 208 Å². The van der Waals surface area contributed by atoms with E-state index in [0.29, 0.717) is 30.4 Å². The number of carbonyl (C=O) groups is 1. The van der Waals surface area contributed by atoms with Crippen LogP contribution in [0.3, 0.4) is 0 Å². The summed E-state index contributed by atoms with van der Waals surface area (Å²) in [7, 11) is 0. The maximum Gasteiger partial charge on any atom is 0.416 e. The van der Waals surface area contributed by atoms with Gasteiger partial charge in [0.25, 0.3) is 6.47 Å². The monoisotopic (exact) mass is 495 g/mol.